The van der Waals surface area contributed by atoms with Gasteiger partial charge in [-0.15, -0.1) is 0 Å². The van der Waals surface area contributed by atoms with Crippen molar-refractivity contribution in [3.63, 3.8) is 0 Å². The molecule has 2 aromatic rings. The smallest absolute Gasteiger partial charge is 0.257 e. The van der Waals surface area contributed by atoms with Gasteiger partial charge in [0.05, 0.1) is 33.4 Å². The van der Waals surface area contributed by atoms with Crippen LogP contribution in [0.25, 0.3) is 0 Å². The van der Waals surface area contributed by atoms with Crippen LogP contribution in [0.3, 0.4) is 0 Å². The van der Waals surface area contributed by atoms with Gasteiger partial charge in [-0.25, -0.2) is 4.98 Å². The summed E-state index contributed by atoms with van der Waals surface area (Å²) in [5.41, 5.74) is 1.70. The molecule has 28 heavy (non-hydrogen) atoms. The van der Waals surface area contributed by atoms with Crippen molar-refractivity contribution in [2.75, 3.05) is 33.4 Å². The summed E-state index contributed by atoms with van der Waals surface area (Å²) in [5.74, 6) is 1.08. The third-order valence-corrected chi connectivity index (χ3v) is 5.27. The first-order chi connectivity index (χ1) is 13.7. The van der Waals surface area contributed by atoms with Crippen molar-refractivity contribution in [3.05, 3.63) is 53.7 Å². The number of hydrogen-bond donors (Lipinski definition) is 2. The van der Waals surface area contributed by atoms with Crippen LogP contribution in [-0.2, 0) is 0 Å². The monoisotopic (exact) mass is 384 g/mol. The maximum absolute atomic E-state index is 12.8. The third kappa shape index (κ3) is 5.01. The number of hydrogen-bond acceptors (Lipinski definition) is 4. The van der Waals surface area contributed by atoms with Crippen LogP contribution >= 0.6 is 0 Å². The van der Waals surface area contributed by atoms with Crippen LogP contribution in [0, 0.1) is 0 Å². The van der Waals surface area contributed by atoms with Crippen LogP contribution in [-0.4, -0.2) is 44.2 Å². The Kier molecular flexibility index (Phi) is 7.25. The van der Waals surface area contributed by atoms with Crippen molar-refractivity contribution in [1.82, 2.24) is 10.3 Å². The fourth-order valence-electron chi connectivity index (χ4n) is 3.79. The molecule has 1 aliphatic heterocycles. The molecule has 0 aliphatic carbocycles. The summed E-state index contributed by atoms with van der Waals surface area (Å²) < 4.78 is 10.8. The average molecular weight is 385 g/mol. The number of carbonyl (C=O) groups is 1. The maximum Gasteiger partial charge on any atom is 0.257 e. The van der Waals surface area contributed by atoms with Crippen molar-refractivity contribution in [1.29, 1.82) is 0 Å². The molecule has 1 aromatic heterocycles. The summed E-state index contributed by atoms with van der Waals surface area (Å²) in [4.78, 5) is 18.5. The summed E-state index contributed by atoms with van der Waals surface area (Å²) in [7, 11) is 1.67. The number of pyridine rings is 1. The molecule has 6 heteroatoms. The van der Waals surface area contributed by atoms with Gasteiger partial charge in [0.15, 0.2) is 0 Å². The number of aromatic nitrogens is 1. The van der Waals surface area contributed by atoms with E-state index in [1.807, 2.05) is 19.1 Å². The number of rotatable bonds is 8. The Labute approximate surface area is 166 Å². The Balaban J connectivity index is 1.74. The summed E-state index contributed by atoms with van der Waals surface area (Å²) in [6, 6.07) is 11.9. The number of benzene rings is 1. The summed E-state index contributed by atoms with van der Waals surface area (Å²) in [6.07, 6.45) is 5.39. The molecule has 0 saturated carbocycles. The van der Waals surface area contributed by atoms with E-state index in [0.29, 0.717) is 24.6 Å². The van der Waals surface area contributed by atoms with Crippen molar-refractivity contribution in [2.45, 2.75) is 32.2 Å². The average Bonchev–Trinajstić information content (AvgIpc) is 2.75. The molecule has 2 N–H and O–H groups in total. The van der Waals surface area contributed by atoms with Crippen LogP contribution < -0.4 is 19.7 Å². The number of amides is 1. The molecule has 1 fully saturated rings. The van der Waals surface area contributed by atoms with E-state index in [-0.39, 0.29) is 11.9 Å². The van der Waals surface area contributed by atoms with E-state index in [2.05, 4.69) is 22.4 Å². The fourth-order valence-corrected chi connectivity index (χ4v) is 3.79. The normalized spacial score (nSPS) is 15.6. The molecule has 1 saturated heterocycles. The number of likely N-dealkylation sites (tertiary alicyclic amines) is 1. The standard InChI is InChI=1S/C22H29N3O3/c1-3-28-22-19(8-7-13-23-22)21(26)24-16-20(25-14-5-4-6-15-25)17-9-11-18(27-2)12-10-17/h7-13,20H,3-6,14-16H2,1-2H3,(H,24,26)/p+1/t20-/m1/s1. The molecule has 0 spiro atoms. The Morgan fingerprint density at radius 2 is 1.93 bits per heavy atom. The molecule has 150 valence electrons. The van der Waals surface area contributed by atoms with E-state index in [1.54, 1.807) is 25.4 Å². The van der Waals surface area contributed by atoms with E-state index >= 15 is 0 Å². The van der Waals surface area contributed by atoms with E-state index < -0.39 is 0 Å². The van der Waals surface area contributed by atoms with E-state index in [0.717, 1.165) is 18.8 Å². The van der Waals surface area contributed by atoms with Crippen LogP contribution in [0.15, 0.2) is 42.6 Å². The lowest BCUT2D eigenvalue weighted by Gasteiger charge is -2.32. The van der Waals surface area contributed by atoms with Crippen LogP contribution in [0.2, 0.25) is 0 Å². The lowest BCUT2D eigenvalue weighted by atomic mass is 10.0. The highest BCUT2D eigenvalue weighted by atomic mass is 16.5. The van der Waals surface area contributed by atoms with Gasteiger partial charge in [0.1, 0.15) is 17.4 Å². The first-order valence-corrected chi connectivity index (χ1v) is 10.1. The second-order valence-electron chi connectivity index (χ2n) is 7.04. The lowest BCUT2D eigenvalue weighted by molar-refractivity contribution is -0.935. The first-order valence-electron chi connectivity index (χ1n) is 10.1. The number of quaternary nitrogens is 1. The molecule has 0 unspecified atom stereocenters. The van der Waals surface area contributed by atoms with Crippen molar-refractivity contribution in [2.24, 2.45) is 0 Å². The number of nitrogens with one attached hydrogen (secondary N) is 2. The number of ether oxygens (including phenoxy) is 2. The summed E-state index contributed by atoms with van der Waals surface area (Å²) in [6.45, 7) is 5.19. The SMILES string of the molecule is CCOc1ncccc1C(=O)NC[C@H](c1ccc(OC)cc1)[NH+]1CCCCC1. The molecule has 1 aromatic carbocycles. The van der Waals surface area contributed by atoms with Gasteiger partial charge in [0.2, 0.25) is 5.88 Å². The zero-order valence-electron chi connectivity index (χ0n) is 16.7. The zero-order valence-corrected chi connectivity index (χ0v) is 16.7. The largest absolute Gasteiger partial charge is 0.497 e. The summed E-state index contributed by atoms with van der Waals surface area (Å²) >= 11 is 0. The van der Waals surface area contributed by atoms with Gasteiger partial charge in [-0.05, 0) is 62.6 Å². The topological polar surface area (TPSA) is 64.9 Å². The molecule has 1 atom stereocenters. The molecule has 0 radical (unpaired) electrons. The molecule has 0 bridgehead atoms. The van der Waals surface area contributed by atoms with Gasteiger partial charge >= 0.3 is 0 Å². The number of nitrogens with zero attached hydrogens (tertiary/aromatic N) is 1. The van der Waals surface area contributed by atoms with Gasteiger partial charge < -0.3 is 19.7 Å². The molecule has 2 heterocycles. The van der Waals surface area contributed by atoms with E-state index in [9.17, 15) is 4.79 Å². The Morgan fingerprint density at radius 3 is 2.61 bits per heavy atom. The first kappa shape index (κ1) is 20.1. The highest BCUT2D eigenvalue weighted by molar-refractivity contribution is 5.96. The predicted octanol–water partition coefficient (Wildman–Crippen LogP) is 2.03. The fraction of sp³-hybridized carbons (Fsp3) is 0.455. The Bertz CT molecular complexity index is 758. The number of piperidine rings is 1. The second-order valence-corrected chi connectivity index (χ2v) is 7.04. The van der Waals surface area contributed by atoms with Crippen LogP contribution in [0.1, 0.15) is 48.1 Å². The van der Waals surface area contributed by atoms with Gasteiger partial charge in [-0.3, -0.25) is 4.79 Å². The van der Waals surface area contributed by atoms with E-state index in [4.69, 9.17) is 9.47 Å². The minimum atomic E-state index is -0.147. The Hall–Kier alpha value is -2.60. The summed E-state index contributed by atoms with van der Waals surface area (Å²) in [5, 5.41) is 3.11. The molecule has 1 amide bonds. The molecule has 1 aliphatic rings. The van der Waals surface area contributed by atoms with Crippen molar-refractivity contribution < 1.29 is 19.2 Å². The van der Waals surface area contributed by atoms with Gasteiger partial charge in [-0.2, -0.15) is 0 Å². The third-order valence-electron chi connectivity index (χ3n) is 5.27. The van der Waals surface area contributed by atoms with Gasteiger partial charge in [0.25, 0.3) is 5.91 Å². The molecular weight excluding hydrogens is 354 g/mol. The highest BCUT2D eigenvalue weighted by Gasteiger charge is 2.27. The minimum absolute atomic E-state index is 0.147. The maximum atomic E-state index is 12.8. The van der Waals surface area contributed by atoms with Crippen LogP contribution in [0.5, 0.6) is 11.6 Å². The minimum Gasteiger partial charge on any atom is -0.497 e. The highest BCUT2D eigenvalue weighted by Crippen LogP contribution is 2.18. The quantitative estimate of drug-likeness (QED) is 0.731. The molecule has 3 rings (SSSR count). The lowest BCUT2D eigenvalue weighted by Crippen LogP contribution is -3.13. The zero-order chi connectivity index (χ0) is 19.8. The predicted molar refractivity (Wildman–Crippen MR) is 108 cm³/mol. The van der Waals surface area contributed by atoms with Crippen molar-refractivity contribution in [3.8, 4) is 11.6 Å². The van der Waals surface area contributed by atoms with E-state index in [1.165, 1.54) is 29.7 Å². The Morgan fingerprint density at radius 1 is 1.18 bits per heavy atom. The molecular formula is C22H30N3O3+. The van der Waals surface area contributed by atoms with Gasteiger partial charge in [-0.1, -0.05) is 0 Å². The number of methoxy groups -OCH3 is 1. The second kappa shape index (κ2) is 10.1. The van der Waals surface area contributed by atoms with Crippen LogP contribution in [0.4, 0.5) is 0 Å². The van der Waals surface area contributed by atoms with Gasteiger partial charge in [0, 0.05) is 11.8 Å². The molecule has 6 nitrogen and oxygen atoms in total. The number of carbonyl (C=O) groups excluding carboxylic acids is 1. The van der Waals surface area contributed by atoms with Crippen molar-refractivity contribution >= 4 is 5.91 Å².